The van der Waals surface area contributed by atoms with Gasteiger partial charge in [0.15, 0.2) is 5.82 Å². The van der Waals surface area contributed by atoms with E-state index in [0.29, 0.717) is 33.6 Å². The lowest BCUT2D eigenvalue weighted by Gasteiger charge is -2.47. The Kier molecular flexibility index (Phi) is 4.59. The molecule has 5 heterocycles. The predicted octanol–water partition coefficient (Wildman–Crippen LogP) is 1.29. The molecule has 0 amide bonds. The molecule has 1 aliphatic carbocycles. The van der Waals surface area contributed by atoms with Crippen molar-refractivity contribution in [3.05, 3.63) is 23.6 Å². The Morgan fingerprint density at radius 2 is 1.65 bits per heavy atom. The summed E-state index contributed by atoms with van der Waals surface area (Å²) in [7, 11) is -1.14. The molecule has 11 heteroatoms. The fourth-order valence-corrected chi connectivity index (χ4v) is 6.75. The van der Waals surface area contributed by atoms with Crippen molar-refractivity contribution in [3.63, 3.8) is 0 Å². The first-order valence-electron chi connectivity index (χ1n) is 10.7. The first kappa shape index (κ1) is 19.6. The Morgan fingerprint density at radius 1 is 1.03 bits per heavy atom. The quantitative estimate of drug-likeness (QED) is 0.722. The maximum absolute atomic E-state index is 12.6. The van der Waals surface area contributed by atoms with E-state index in [4.69, 9.17) is 16.6 Å². The molecule has 4 aliphatic rings. The van der Waals surface area contributed by atoms with Gasteiger partial charge in [-0.1, -0.05) is 11.6 Å². The average Bonchev–Trinajstić information content (AvgIpc) is 3.40. The second kappa shape index (κ2) is 7.25. The van der Waals surface area contributed by atoms with Gasteiger partial charge in [-0.3, -0.25) is 4.21 Å². The van der Waals surface area contributed by atoms with Crippen molar-refractivity contribution in [2.45, 2.75) is 29.7 Å². The number of nitrogens with zero attached hydrogens (tertiary/aromatic N) is 7. The van der Waals surface area contributed by atoms with Crippen LogP contribution in [-0.2, 0) is 10.8 Å². The van der Waals surface area contributed by atoms with Crippen molar-refractivity contribution < 1.29 is 9.32 Å². The Morgan fingerprint density at radius 3 is 2.23 bits per heavy atom. The maximum atomic E-state index is 12.6. The van der Waals surface area contributed by atoms with Gasteiger partial charge >= 0.3 is 0 Å². The second-order valence-electron chi connectivity index (χ2n) is 9.03. The smallest absolute Gasteiger partial charge is 0.227 e. The summed E-state index contributed by atoms with van der Waals surface area (Å²) in [5, 5.41) is 10.6. The lowest BCUT2D eigenvalue weighted by atomic mass is 9.76. The summed E-state index contributed by atoms with van der Waals surface area (Å²) in [6.07, 6.45) is 7.91. The zero-order valence-electron chi connectivity index (χ0n) is 17.0. The van der Waals surface area contributed by atoms with Crippen LogP contribution in [0.3, 0.4) is 0 Å². The zero-order valence-corrected chi connectivity index (χ0v) is 18.6. The van der Waals surface area contributed by atoms with E-state index in [2.05, 4.69) is 29.7 Å². The Balaban J connectivity index is 1.20. The summed E-state index contributed by atoms with van der Waals surface area (Å²) in [5.74, 6) is 3.56. The molecule has 3 atom stereocenters. The lowest BCUT2D eigenvalue weighted by Crippen LogP contribution is -2.56. The number of rotatable bonds is 4. The monoisotopic (exact) mass is 461 g/mol. The number of hydrogen-bond acceptors (Lipinski definition) is 9. The zero-order chi connectivity index (χ0) is 21.2. The number of aliphatic hydroxyl groups is 1. The van der Waals surface area contributed by atoms with E-state index in [-0.39, 0.29) is 12.1 Å². The molecule has 6 rings (SSSR count). The molecule has 164 valence electrons. The highest BCUT2D eigenvalue weighted by atomic mass is 35.5. The summed E-state index contributed by atoms with van der Waals surface area (Å²) in [6, 6.07) is 0. The van der Waals surface area contributed by atoms with Gasteiger partial charge in [-0.2, -0.15) is 4.98 Å². The lowest BCUT2D eigenvalue weighted by molar-refractivity contribution is 0.119. The first-order chi connectivity index (χ1) is 15.1. The Labute approximate surface area is 187 Å². The number of aromatic nitrogens is 4. The Hall–Kier alpha value is -2.04. The topological polar surface area (TPSA) is 98.6 Å². The SMILES string of the molecule is O=[S@@]1CN(C2(CO)CCC2)c2nc(N3CC4CN(c5ncc(Cl)cn5)CC4C3)ncc21. The van der Waals surface area contributed by atoms with E-state index >= 15 is 0 Å². The standard InChI is InChI=1S/C20H24ClN7O2S/c21-15-4-22-18(23-5-15)26-7-13-9-27(10-14(13)8-26)19-24-6-16-17(25-19)28(12-31(16)30)20(11-29)2-1-3-20/h4-6,13-14,29H,1-3,7-12H2/t13?,14?,31-/m1/s1. The van der Waals surface area contributed by atoms with Crippen molar-refractivity contribution in [2.24, 2.45) is 11.8 Å². The molecule has 0 aromatic carbocycles. The van der Waals surface area contributed by atoms with Gasteiger partial charge in [0.25, 0.3) is 0 Å². The molecule has 2 saturated heterocycles. The first-order valence-corrected chi connectivity index (χ1v) is 12.4. The molecule has 9 nitrogen and oxygen atoms in total. The van der Waals surface area contributed by atoms with Crippen LogP contribution in [0.1, 0.15) is 19.3 Å². The minimum atomic E-state index is -1.14. The molecule has 2 aromatic rings. The number of aliphatic hydroxyl groups excluding tert-OH is 1. The average molecular weight is 462 g/mol. The van der Waals surface area contributed by atoms with Crippen molar-refractivity contribution in [1.29, 1.82) is 0 Å². The van der Waals surface area contributed by atoms with Gasteiger partial charge in [0.05, 0.1) is 46.6 Å². The van der Waals surface area contributed by atoms with Gasteiger partial charge in [0, 0.05) is 38.0 Å². The predicted molar refractivity (Wildman–Crippen MR) is 118 cm³/mol. The molecule has 2 aromatic heterocycles. The van der Waals surface area contributed by atoms with Crippen LogP contribution in [0.5, 0.6) is 0 Å². The van der Waals surface area contributed by atoms with Crippen LogP contribution in [0, 0.1) is 11.8 Å². The van der Waals surface area contributed by atoms with E-state index in [0.717, 1.165) is 57.2 Å². The van der Waals surface area contributed by atoms with Gasteiger partial charge in [0.2, 0.25) is 11.9 Å². The molecule has 0 spiro atoms. The number of hydrogen-bond donors (Lipinski definition) is 1. The van der Waals surface area contributed by atoms with Crippen LogP contribution < -0.4 is 14.7 Å². The van der Waals surface area contributed by atoms with Gasteiger partial charge in [-0.05, 0) is 19.3 Å². The van der Waals surface area contributed by atoms with E-state index in [1.807, 2.05) is 0 Å². The molecule has 1 N–H and O–H groups in total. The van der Waals surface area contributed by atoms with Crippen molar-refractivity contribution in [2.75, 3.05) is 53.4 Å². The summed E-state index contributed by atoms with van der Waals surface area (Å²) in [6.45, 7) is 3.62. The van der Waals surface area contributed by atoms with Gasteiger partial charge in [0.1, 0.15) is 10.8 Å². The van der Waals surface area contributed by atoms with Gasteiger partial charge < -0.3 is 19.8 Å². The molecule has 31 heavy (non-hydrogen) atoms. The highest BCUT2D eigenvalue weighted by molar-refractivity contribution is 7.85. The minimum Gasteiger partial charge on any atom is -0.394 e. The molecule has 0 radical (unpaired) electrons. The van der Waals surface area contributed by atoms with Crippen LogP contribution in [0.15, 0.2) is 23.5 Å². The number of anilines is 3. The van der Waals surface area contributed by atoms with Crippen LogP contribution in [0.2, 0.25) is 5.02 Å². The third-order valence-corrected chi connectivity index (χ3v) is 8.75. The molecule has 1 saturated carbocycles. The molecular formula is C20H24ClN7O2S. The summed E-state index contributed by atoms with van der Waals surface area (Å²) in [4.78, 5) is 25.4. The summed E-state index contributed by atoms with van der Waals surface area (Å²) >= 11 is 5.91. The van der Waals surface area contributed by atoms with Gasteiger partial charge in [-0.15, -0.1) is 0 Å². The van der Waals surface area contributed by atoms with Crippen LogP contribution in [0.25, 0.3) is 0 Å². The molecule has 3 aliphatic heterocycles. The molecular weight excluding hydrogens is 438 g/mol. The summed E-state index contributed by atoms with van der Waals surface area (Å²) < 4.78 is 12.6. The van der Waals surface area contributed by atoms with E-state index in [9.17, 15) is 9.32 Å². The van der Waals surface area contributed by atoms with E-state index < -0.39 is 10.8 Å². The normalized spacial score (nSPS) is 28.6. The van der Waals surface area contributed by atoms with Crippen molar-refractivity contribution in [1.82, 2.24) is 19.9 Å². The van der Waals surface area contributed by atoms with Crippen molar-refractivity contribution in [3.8, 4) is 0 Å². The van der Waals surface area contributed by atoms with Crippen molar-refractivity contribution >= 4 is 40.1 Å². The third kappa shape index (κ3) is 3.10. The van der Waals surface area contributed by atoms with Gasteiger partial charge in [-0.25, -0.2) is 15.0 Å². The minimum absolute atomic E-state index is 0.0689. The van der Waals surface area contributed by atoms with Crippen LogP contribution in [0.4, 0.5) is 17.7 Å². The fourth-order valence-electron chi connectivity index (χ4n) is 5.36. The largest absolute Gasteiger partial charge is 0.394 e. The summed E-state index contributed by atoms with van der Waals surface area (Å²) in [5.41, 5.74) is -0.312. The number of halogens is 1. The number of fused-ring (bicyclic) bond motifs is 2. The van der Waals surface area contributed by atoms with E-state index in [1.165, 1.54) is 0 Å². The molecule has 0 bridgehead atoms. The molecule has 3 fully saturated rings. The Bertz CT molecular complexity index is 1020. The highest BCUT2D eigenvalue weighted by Gasteiger charge is 2.48. The van der Waals surface area contributed by atoms with Crippen LogP contribution in [-0.4, -0.2) is 73.5 Å². The molecule has 2 unspecified atom stereocenters. The highest BCUT2D eigenvalue weighted by Crippen LogP contribution is 2.45. The third-order valence-electron chi connectivity index (χ3n) is 7.28. The fraction of sp³-hybridized carbons (Fsp3) is 0.600. The maximum Gasteiger partial charge on any atom is 0.227 e. The van der Waals surface area contributed by atoms with Crippen LogP contribution >= 0.6 is 11.6 Å². The second-order valence-corrected chi connectivity index (χ2v) is 10.9. The van der Waals surface area contributed by atoms with E-state index in [1.54, 1.807) is 18.6 Å².